The van der Waals surface area contributed by atoms with Crippen LogP contribution in [-0.2, 0) is 19.2 Å². The summed E-state index contributed by atoms with van der Waals surface area (Å²) in [5.74, 6) is -0.269. The van der Waals surface area contributed by atoms with Crippen molar-refractivity contribution in [2.24, 2.45) is 4.99 Å². The number of hydrogen-bond donors (Lipinski definition) is 4. The number of halogens is 3. The summed E-state index contributed by atoms with van der Waals surface area (Å²) in [5, 5.41) is 21.4. The zero-order valence-electron chi connectivity index (χ0n) is 16.6. The van der Waals surface area contributed by atoms with Gasteiger partial charge in [0, 0.05) is 17.7 Å². The summed E-state index contributed by atoms with van der Waals surface area (Å²) in [6, 6.07) is 15.2. The molecule has 0 fully saturated rings. The standard InChI is InChI=1S/C23H18F3N3O3/c24-23(25,26)19-11-20-15(9-18(19)17-7-2-1-4-14(17)12-30)10-21(28-20)27-16-6-3-5-13(8-16)22(31)29-32/h1-9,11,30,32H,10,12H2,(H,27,28)(H,29,31). The molecule has 4 rings (SSSR count). The summed E-state index contributed by atoms with van der Waals surface area (Å²) in [5.41, 5.74) is 2.92. The van der Waals surface area contributed by atoms with Gasteiger partial charge in [-0.15, -0.1) is 0 Å². The predicted octanol–water partition coefficient (Wildman–Crippen LogP) is 4.68. The van der Waals surface area contributed by atoms with Gasteiger partial charge in [-0.3, -0.25) is 10.0 Å². The average molecular weight is 441 g/mol. The fourth-order valence-corrected chi connectivity index (χ4v) is 3.66. The summed E-state index contributed by atoms with van der Waals surface area (Å²) in [4.78, 5) is 15.9. The molecule has 164 valence electrons. The van der Waals surface area contributed by atoms with Crippen LogP contribution >= 0.6 is 0 Å². The first kappa shape index (κ1) is 21.5. The smallest absolute Gasteiger partial charge is 0.392 e. The number of rotatable bonds is 4. The molecule has 1 aliphatic heterocycles. The molecule has 32 heavy (non-hydrogen) atoms. The Kier molecular flexibility index (Phi) is 5.68. The lowest BCUT2D eigenvalue weighted by Gasteiger charge is -2.17. The number of benzene rings is 3. The van der Waals surface area contributed by atoms with Crippen LogP contribution in [-0.4, -0.2) is 22.1 Å². The zero-order chi connectivity index (χ0) is 22.9. The second kappa shape index (κ2) is 8.45. The van der Waals surface area contributed by atoms with Crippen molar-refractivity contribution in [3.05, 3.63) is 82.9 Å². The van der Waals surface area contributed by atoms with Gasteiger partial charge < -0.3 is 10.4 Å². The van der Waals surface area contributed by atoms with E-state index in [-0.39, 0.29) is 29.8 Å². The molecule has 0 radical (unpaired) electrons. The number of aliphatic hydroxyl groups excluding tert-OH is 1. The molecule has 1 heterocycles. The van der Waals surface area contributed by atoms with Crippen molar-refractivity contribution in [3.63, 3.8) is 0 Å². The third-order valence-electron chi connectivity index (χ3n) is 5.13. The number of hydrogen-bond acceptors (Lipinski definition) is 5. The Balaban J connectivity index is 1.70. The number of alkyl halides is 3. The van der Waals surface area contributed by atoms with E-state index in [2.05, 4.69) is 10.3 Å². The topological polar surface area (TPSA) is 94.0 Å². The number of carbonyl (C=O) groups excluding carboxylic acids is 1. The number of fused-ring (bicyclic) bond motifs is 1. The quantitative estimate of drug-likeness (QED) is 0.349. The van der Waals surface area contributed by atoms with Crippen LogP contribution in [0.2, 0.25) is 0 Å². The molecule has 0 aromatic heterocycles. The van der Waals surface area contributed by atoms with Crippen LogP contribution in [0.3, 0.4) is 0 Å². The van der Waals surface area contributed by atoms with Gasteiger partial charge in [-0.1, -0.05) is 30.3 Å². The van der Waals surface area contributed by atoms with Crippen LogP contribution in [0.5, 0.6) is 0 Å². The maximum Gasteiger partial charge on any atom is 0.417 e. The van der Waals surface area contributed by atoms with E-state index < -0.39 is 17.6 Å². The molecule has 9 heteroatoms. The Morgan fingerprint density at radius 1 is 1.03 bits per heavy atom. The monoisotopic (exact) mass is 441 g/mol. The maximum atomic E-state index is 13.9. The molecule has 0 unspecified atom stereocenters. The minimum Gasteiger partial charge on any atom is -0.392 e. The SMILES string of the molecule is O=C(NO)c1cccc(NC2=Nc3cc(C(F)(F)F)c(-c4ccccc4CO)cc3C2)c1. The Morgan fingerprint density at radius 2 is 1.81 bits per heavy atom. The van der Waals surface area contributed by atoms with E-state index in [4.69, 9.17) is 5.21 Å². The molecule has 0 atom stereocenters. The minimum absolute atomic E-state index is 0.0148. The number of amidine groups is 1. The van der Waals surface area contributed by atoms with Crippen LogP contribution in [0.4, 0.5) is 24.5 Å². The molecule has 1 aliphatic rings. The lowest BCUT2D eigenvalue weighted by Crippen LogP contribution is -2.19. The Bertz CT molecular complexity index is 1220. The molecule has 0 bridgehead atoms. The third kappa shape index (κ3) is 4.20. The highest BCUT2D eigenvalue weighted by molar-refractivity contribution is 6.03. The summed E-state index contributed by atoms with van der Waals surface area (Å²) in [6.45, 7) is -0.383. The first-order chi connectivity index (χ1) is 15.3. The van der Waals surface area contributed by atoms with Gasteiger partial charge in [0.15, 0.2) is 0 Å². The Hall–Kier alpha value is -3.69. The largest absolute Gasteiger partial charge is 0.417 e. The normalized spacial score (nSPS) is 12.8. The van der Waals surface area contributed by atoms with E-state index >= 15 is 0 Å². The molecule has 1 amide bonds. The zero-order valence-corrected chi connectivity index (χ0v) is 16.6. The van der Waals surface area contributed by atoms with Gasteiger partial charge in [0.05, 0.1) is 17.9 Å². The van der Waals surface area contributed by atoms with Crippen molar-refractivity contribution in [1.29, 1.82) is 0 Å². The van der Waals surface area contributed by atoms with E-state index in [0.29, 0.717) is 28.2 Å². The molecular formula is C23H18F3N3O3. The molecule has 4 N–H and O–H groups in total. The van der Waals surface area contributed by atoms with Crippen LogP contribution in [0.25, 0.3) is 11.1 Å². The number of hydroxylamine groups is 1. The summed E-state index contributed by atoms with van der Waals surface area (Å²) >= 11 is 0. The molecule has 3 aromatic rings. The number of amides is 1. The van der Waals surface area contributed by atoms with Crippen LogP contribution in [0, 0.1) is 0 Å². The minimum atomic E-state index is -4.61. The average Bonchev–Trinajstić information content (AvgIpc) is 3.18. The number of aliphatic hydroxyl groups is 1. The Labute approximate surface area is 181 Å². The van der Waals surface area contributed by atoms with E-state index in [1.54, 1.807) is 41.9 Å². The van der Waals surface area contributed by atoms with Crippen molar-refractivity contribution in [3.8, 4) is 11.1 Å². The highest BCUT2D eigenvalue weighted by Crippen LogP contribution is 2.43. The molecular weight excluding hydrogens is 423 g/mol. The fourth-order valence-electron chi connectivity index (χ4n) is 3.66. The lowest BCUT2D eigenvalue weighted by atomic mass is 9.92. The second-order valence-electron chi connectivity index (χ2n) is 7.22. The van der Waals surface area contributed by atoms with Crippen LogP contribution < -0.4 is 10.8 Å². The van der Waals surface area contributed by atoms with Gasteiger partial charge in [-0.25, -0.2) is 10.5 Å². The molecule has 0 aliphatic carbocycles. The number of nitrogens with zero attached hydrogens (tertiary/aromatic N) is 1. The van der Waals surface area contributed by atoms with Crippen molar-refractivity contribution in [1.82, 2.24) is 5.48 Å². The van der Waals surface area contributed by atoms with Crippen molar-refractivity contribution >= 4 is 23.1 Å². The van der Waals surface area contributed by atoms with Gasteiger partial charge in [-0.05, 0) is 52.6 Å². The number of anilines is 1. The fraction of sp³-hybridized carbons (Fsp3) is 0.130. The number of nitrogens with one attached hydrogen (secondary N) is 2. The van der Waals surface area contributed by atoms with Crippen molar-refractivity contribution in [2.45, 2.75) is 19.2 Å². The van der Waals surface area contributed by atoms with E-state index in [1.807, 2.05) is 0 Å². The Morgan fingerprint density at radius 3 is 2.53 bits per heavy atom. The van der Waals surface area contributed by atoms with Gasteiger partial charge in [0.25, 0.3) is 5.91 Å². The molecule has 0 saturated carbocycles. The van der Waals surface area contributed by atoms with Crippen molar-refractivity contribution < 1.29 is 28.3 Å². The van der Waals surface area contributed by atoms with Crippen molar-refractivity contribution in [2.75, 3.05) is 5.32 Å². The molecule has 0 saturated heterocycles. The van der Waals surface area contributed by atoms with E-state index in [1.165, 1.54) is 18.2 Å². The summed E-state index contributed by atoms with van der Waals surface area (Å²) < 4.78 is 41.6. The summed E-state index contributed by atoms with van der Waals surface area (Å²) in [6.07, 6.45) is -4.34. The van der Waals surface area contributed by atoms with Gasteiger partial charge >= 0.3 is 6.18 Å². The first-order valence-corrected chi connectivity index (χ1v) is 9.62. The highest BCUT2D eigenvalue weighted by Gasteiger charge is 2.36. The molecule has 0 spiro atoms. The number of carbonyl (C=O) groups is 1. The predicted molar refractivity (Wildman–Crippen MR) is 113 cm³/mol. The van der Waals surface area contributed by atoms with Crippen LogP contribution in [0.15, 0.2) is 65.7 Å². The second-order valence-corrected chi connectivity index (χ2v) is 7.22. The lowest BCUT2D eigenvalue weighted by molar-refractivity contribution is -0.137. The maximum absolute atomic E-state index is 13.9. The van der Waals surface area contributed by atoms with Gasteiger partial charge in [0.2, 0.25) is 0 Å². The third-order valence-corrected chi connectivity index (χ3v) is 5.13. The van der Waals surface area contributed by atoms with Crippen LogP contribution in [0.1, 0.15) is 27.0 Å². The van der Waals surface area contributed by atoms with Gasteiger partial charge in [-0.2, -0.15) is 13.2 Å². The van der Waals surface area contributed by atoms with Gasteiger partial charge in [0.1, 0.15) is 5.84 Å². The van der Waals surface area contributed by atoms with E-state index in [0.717, 1.165) is 6.07 Å². The first-order valence-electron chi connectivity index (χ1n) is 9.62. The highest BCUT2D eigenvalue weighted by atomic mass is 19.4. The summed E-state index contributed by atoms with van der Waals surface area (Å²) in [7, 11) is 0. The number of aliphatic imine (C=N–C) groups is 1. The molecule has 6 nitrogen and oxygen atoms in total. The molecule has 3 aromatic carbocycles. The van der Waals surface area contributed by atoms with E-state index in [9.17, 15) is 23.1 Å².